The van der Waals surface area contributed by atoms with Gasteiger partial charge in [-0.1, -0.05) is 23.7 Å². The van der Waals surface area contributed by atoms with E-state index >= 15 is 0 Å². The number of nitrogens with zero attached hydrogens (tertiary/aromatic N) is 3. The molecule has 39 heavy (non-hydrogen) atoms. The smallest absolute Gasteiger partial charge is 0.317 e. The van der Waals surface area contributed by atoms with Gasteiger partial charge in [0.25, 0.3) is 5.91 Å². The number of hydrogen-bond acceptors (Lipinski definition) is 6. The maximum absolute atomic E-state index is 14.6. The molecule has 2 aromatic carbocycles. The number of ether oxygens (including phenoxy) is 1. The van der Waals surface area contributed by atoms with Gasteiger partial charge in [0.1, 0.15) is 5.75 Å². The predicted molar refractivity (Wildman–Crippen MR) is 143 cm³/mol. The number of nitrogens with one attached hydrogen (secondary N) is 3. The monoisotopic (exact) mass is 578 g/mol. The van der Waals surface area contributed by atoms with Gasteiger partial charge in [0, 0.05) is 38.4 Å². The minimum atomic E-state index is -3.98. The number of carbonyl (C=O) groups is 2. The lowest BCUT2D eigenvalue weighted by Gasteiger charge is -2.18. The van der Waals surface area contributed by atoms with E-state index in [4.69, 9.17) is 16.3 Å². The molecule has 1 aliphatic rings. The number of amides is 3. The van der Waals surface area contributed by atoms with E-state index in [1.54, 1.807) is 42.0 Å². The van der Waals surface area contributed by atoms with Crippen molar-refractivity contribution in [1.29, 1.82) is 0 Å². The zero-order chi connectivity index (χ0) is 28.2. The van der Waals surface area contributed by atoms with Crippen molar-refractivity contribution in [3.05, 3.63) is 70.9 Å². The van der Waals surface area contributed by atoms with Crippen molar-refractivity contribution in [3.63, 3.8) is 0 Å². The molecule has 0 bridgehead atoms. The molecule has 3 amide bonds. The average molecular weight is 579 g/mol. The summed E-state index contributed by atoms with van der Waals surface area (Å²) in [5.74, 6) is -1.95. The molecule has 1 aliphatic heterocycles. The molecule has 3 aromatic rings. The highest BCUT2D eigenvalue weighted by atomic mass is 35.5. The Balaban J connectivity index is 1.29. The van der Waals surface area contributed by atoms with E-state index < -0.39 is 27.3 Å². The lowest BCUT2D eigenvalue weighted by Crippen LogP contribution is -2.44. The van der Waals surface area contributed by atoms with Gasteiger partial charge < -0.3 is 19.5 Å². The summed E-state index contributed by atoms with van der Waals surface area (Å²) in [6.07, 6.45) is 3.68. The second-order valence-corrected chi connectivity index (χ2v) is 11.4. The van der Waals surface area contributed by atoms with Crippen LogP contribution >= 0.6 is 11.6 Å². The Morgan fingerprint density at radius 1 is 1.23 bits per heavy atom. The number of carbonyl (C=O) groups excluding carboxylic acids is 2. The van der Waals surface area contributed by atoms with Gasteiger partial charge in [-0.25, -0.2) is 22.6 Å². The predicted octanol–water partition coefficient (Wildman–Crippen LogP) is 2.68. The number of benzene rings is 2. The van der Waals surface area contributed by atoms with Gasteiger partial charge in [0.2, 0.25) is 10.0 Å². The van der Waals surface area contributed by atoms with Gasteiger partial charge in [-0.05, 0) is 42.2 Å². The summed E-state index contributed by atoms with van der Waals surface area (Å²) in [7, 11) is -0.659. The quantitative estimate of drug-likeness (QED) is 0.334. The van der Waals surface area contributed by atoms with E-state index in [0.29, 0.717) is 36.5 Å². The molecule has 11 nitrogen and oxygen atoms in total. The Bertz CT molecular complexity index is 1460. The minimum Gasteiger partial charge on any atom is -0.497 e. The SMILES string of the molecule is COc1ccc(CNC(=O)N2CCC(CS(=O)(=O)NNC(=O)c3cc(-c4cn(C)cn4)cc(Cl)c3F)C2)cc1. The highest BCUT2D eigenvalue weighted by Gasteiger charge is 2.30. The molecule has 1 saturated heterocycles. The Hall–Kier alpha value is -3.68. The molecular weight excluding hydrogens is 551 g/mol. The van der Waals surface area contributed by atoms with Gasteiger partial charge >= 0.3 is 6.03 Å². The number of halogens is 2. The van der Waals surface area contributed by atoms with Crippen LogP contribution in [0.15, 0.2) is 48.9 Å². The van der Waals surface area contributed by atoms with E-state index in [1.807, 2.05) is 22.4 Å². The van der Waals surface area contributed by atoms with Crippen molar-refractivity contribution in [3.8, 4) is 17.0 Å². The molecule has 208 valence electrons. The summed E-state index contributed by atoms with van der Waals surface area (Å²) in [4.78, 5) is 32.9. The van der Waals surface area contributed by atoms with Gasteiger partial charge in [-0.2, -0.15) is 0 Å². The molecule has 0 saturated carbocycles. The molecule has 1 fully saturated rings. The van der Waals surface area contributed by atoms with Gasteiger partial charge in [0.15, 0.2) is 5.82 Å². The first kappa shape index (κ1) is 28.3. The summed E-state index contributed by atoms with van der Waals surface area (Å²) in [5, 5.41) is 2.52. The highest BCUT2D eigenvalue weighted by molar-refractivity contribution is 7.89. The Labute approximate surface area is 230 Å². The van der Waals surface area contributed by atoms with Crippen LogP contribution in [0.5, 0.6) is 5.75 Å². The van der Waals surface area contributed by atoms with Crippen LogP contribution in [0.2, 0.25) is 5.02 Å². The molecule has 1 atom stereocenters. The third kappa shape index (κ3) is 7.25. The number of imidazole rings is 1. The van der Waals surface area contributed by atoms with E-state index in [1.165, 1.54) is 18.5 Å². The van der Waals surface area contributed by atoms with Crippen LogP contribution < -0.4 is 20.3 Å². The number of hydrogen-bond donors (Lipinski definition) is 3. The fraction of sp³-hybridized carbons (Fsp3) is 0.320. The summed E-state index contributed by atoms with van der Waals surface area (Å²) >= 11 is 5.96. The fourth-order valence-electron chi connectivity index (χ4n) is 4.19. The Morgan fingerprint density at radius 3 is 2.64 bits per heavy atom. The molecule has 4 rings (SSSR count). The molecule has 0 spiro atoms. The van der Waals surface area contributed by atoms with Crippen LogP contribution in [0.25, 0.3) is 11.3 Å². The number of hydrazine groups is 1. The second kappa shape index (κ2) is 12.0. The number of aryl methyl sites for hydroxylation is 1. The lowest BCUT2D eigenvalue weighted by molar-refractivity contribution is 0.0941. The van der Waals surface area contributed by atoms with Crippen LogP contribution in [0.3, 0.4) is 0 Å². The highest BCUT2D eigenvalue weighted by Crippen LogP contribution is 2.27. The topological polar surface area (TPSA) is 135 Å². The fourth-order valence-corrected chi connectivity index (χ4v) is 5.64. The third-order valence-electron chi connectivity index (χ3n) is 6.22. The van der Waals surface area contributed by atoms with Crippen molar-refractivity contribution in [2.24, 2.45) is 13.0 Å². The van der Waals surface area contributed by atoms with Crippen LogP contribution in [0, 0.1) is 11.7 Å². The molecule has 0 aliphatic carbocycles. The number of methoxy groups -OCH3 is 1. The molecule has 1 unspecified atom stereocenters. The Morgan fingerprint density at radius 2 is 1.97 bits per heavy atom. The first-order chi connectivity index (χ1) is 18.5. The van der Waals surface area contributed by atoms with Gasteiger partial charge in [0.05, 0.1) is 35.5 Å². The summed E-state index contributed by atoms with van der Waals surface area (Å²) in [5.41, 5.74) is 3.36. The first-order valence-electron chi connectivity index (χ1n) is 12.0. The van der Waals surface area contributed by atoms with Crippen molar-refractivity contribution < 1.29 is 27.1 Å². The zero-order valence-electron chi connectivity index (χ0n) is 21.3. The summed E-state index contributed by atoms with van der Waals surface area (Å²) in [6.45, 7) is 0.947. The lowest BCUT2D eigenvalue weighted by atomic mass is 10.1. The van der Waals surface area contributed by atoms with E-state index in [0.717, 1.165) is 5.56 Å². The number of aromatic nitrogens is 2. The first-order valence-corrected chi connectivity index (χ1v) is 14.0. The molecular formula is C25H28ClFN6O5S. The largest absolute Gasteiger partial charge is 0.497 e. The number of urea groups is 1. The molecule has 0 radical (unpaired) electrons. The van der Waals surface area contributed by atoms with Gasteiger partial charge in [-0.3, -0.25) is 10.2 Å². The normalized spacial score (nSPS) is 15.3. The van der Waals surface area contributed by atoms with Crippen LogP contribution in [0.1, 0.15) is 22.3 Å². The average Bonchev–Trinajstić information content (AvgIpc) is 3.56. The van der Waals surface area contributed by atoms with Crippen LogP contribution in [-0.4, -0.2) is 60.8 Å². The Kier molecular flexibility index (Phi) is 8.73. The second-order valence-electron chi connectivity index (χ2n) is 9.19. The van der Waals surface area contributed by atoms with E-state index in [9.17, 15) is 22.4 Å². The van der Waals surface area contributed by atoms with Crippen molar-refractivity contribution >= 4 is 33.6 Å². The standard InChI is InChI=1S/C25H28ClFN6O5S/c1-32-13-22(29-15-32)18-9-20(23(27)21(26)10-18)24(34)30-31-39(36,37)14-17-7-8-33(12-17)25(35)28-11-16-3-5-19(38-2)6-4-16/h3-6,9-10,13,15,17,31H,7-8,11-12,14H2,1-2H3,(H,28,35)(H,30,34). The third-order valence-corrected chi connectivity index (χ3v) is 7.82. The zero-order valence-corrected chi connectivity index (χ0v) is 22.9. The number of likely N-dealkylation sites (tertiary alicyclic amines) is 1. The van der Waals surface area contributed by atoms with Gasteiger partial charge in [-0.15, -0.1) is 4.83 Å². The van der Waals surface area contributed by atoms with Crippen LogP contribution in [-0.2, 0) is 23.6 Å². The molecule has 14 heteroatoms. The molecule has 3 N–H and O–H groups in total. The van der Waals surface area contributed by atoms with E-state index in [2.05, 4.69) is 10.3 Å². The number of rotatable bonds is 9. The molecule has 2 heterocycles. The van der Waals surface area contributed by atoms with E-state index in [-0.39, 0.29) is 29.3 Å². The van der Waals surface area contributed by atoms with Crippen LogP contribution in [0.4, 0.5) is 9.18 Å². The van der Waals surface area contributed by atoms with Crippen molar-refractivity contribution in [2.75, 3.05) is 26.0 Å². The minimum absolute atomic E-state index is 0.236. The van der Waals surface area contributed by atoms with Crippen molar-refractivity contribution in [1.82, 2.24) is 30.0 Å². The summed E-state index contributed by atoms with van der Waals surface area (Å²) < 4.78 is 46.6. The molecule has 1 aromatic heterocycles. The maximum Gasteiger partial charge on any atom is 0.317 e. The van der Waals surface area contributed by atoms with Crippen molar-refractivity contribution in [2.45, 2.75) is 13.0 Å². The number of sulfonamides is 1. The summed E-state index contributed by atoms with van der Waals surface area (Å²) in [6, 6.07) is 9.55. The maximum atomic E-state index is 14.6.